The molecule has 0 unspecified atom stereocenters. The van der Waals surface area contributed by atoms with E-state index in [4.69, 9.17) is 21.1 Å². The normalized spacial score (nSPS) is 10.2. The lowest BCUT2D eigenvalue weighted by Gasteiger charge is -2.06. The highest BCUT2D eigenvalue weighted by molar-refractivity contribution is 6.28. The molecule has 1 aromatic carbocycles. The number of methoxy groups -OCH3 is 1. The molecular weight excluding hydrogens is 300 g/mol. The van der Waals surface area contributed by atoms with Crippen LogP contribution < -0.4 is 9.47 Å². The van der Waals surface area contributed by atoms with Crippen molar-refractivity contribution in [3.63, 3.8) is 0 Å². The number of ether oxygens (including phenoxy) is 2. The Kier molecular flexibility index (Phi) is 4.49. The molecule has 0 aliphatic rings. The monoisotopic (exact) mass is 310 g/mol. The number of benzene rings is 1. The molecule has 0 saturated heterocycles. The number of nitro groups is 1. The van der Waals surface area contributed by atoms with Crippen molar-refractivity contribution in [3.05, 3.63) is 39.2 Å². The van der Waals surface area contributed by atoms with E-state index in [0.29, 0.717) is 6.42 Å². The first kappa shape index (κ1) is 14.9. The third-order valence-corrected chi connectivity index (χ3v) is 2.75. The lowest BCUT2D eigenvalue weighted by molar-refractivity contribution is -0.385. The number of aromatic nitrogens is 3. The van der Waals surface area contributed by atoms with Crippen molar-refractivity contribution < 1.29 is 14.4 Å². The molecule has 21 heavy (non-hydrogen) atoms. The smallest absolute Gasteiger partial charge is 0.329 e. The van der Waals surface area contributed by atoms with E-state index in [1.54, 1.807) is 6.07 Å². The van der Waals surface area contributed by atoms with Gasteiger partial charge in [0.05, 0.1) is 12.0 Å². The molecule has 0 atom stereocenters. The molecule has 9 heteroatoms. The Morgan fingerprint density at radius 3 is 2.62 bits per heavy atom. The van der Waals surface area contributed by atoms with Crippen molar-refractivity contribution in [2.45, 2.75) is 13.3 Å². The van der Waals surface area contributed by atoms with Gasteiger partial charge < -0.3 is 9.47 Å². The molecule has 0 saturated carbocycles. The number of aryl methyl sites for hydroxylation is 1. The number of hydrogen-bond acceptors (Lipinski definition) is 7. The zero-order chi connectivity index (χ0) is 15.4. The standard InChI is InChI=1S/C12H11ClN4O4/c1-3-7-4-5-9(8(6-7)17(18)19)21-12-15-10(13)14-11(16-12)20-2/h4-6H,3H2,1-2H3. The van der Waals surface area contributed by atoms with Crippen LogP contribution in [0.3, 0.4) is 0 Å². The van der Waals surface area contributed by atoms with E-state index in [0.717, 1.165) is 5.56 Å². The van der Waals surface area contributed by atoms with Gasteiger partial charge in [0.2, 0.25) is 11.0 Å². The summed E-state index contributed by atoms with van der Waals surface area (Å²) in [7, 11) is 1.36. The number of rotatable bonds is 5. The Morgan fingerprint density at radius 2 is 2.00 bits per heavy atom. The molecule has 110 valence electrons. The Morgan fingerprint density at radius 1 is 1.29 bits per heavy atom. The maximum atomic E-state index is 11.1. The highest BCUT2D eigenvalue weighted by Gasteiger charge is 2.18. The van der Waals surface area contributed by atoms with Crippen molar-refractivity contribution in [1.82, 2.24) is 15.0 Å². The highest BCUT2D eigenvalue weighted by Crippen LogP contribution is 2.31. The molecule has 0 spiro atoms. The quantitative estimate of drug-likeness (QED) is 0.618. The summed E-state index contributed by atoms with van der Waals surface area (Å²) in [5.74, 6) is 0.0153. The van der Waals surface area contributed by atoms with Crippen LogP contribution in [0.5, 0.6) is 17.8 Å². The summed E-state index contributed by atoms with van der Waals surface area (Å²) in [6.07, 6.45) is 0.673. The predicted molar refractivity (Wildman–Crippen MR) is 73.9 cm³/mol. The fourth-order valence-electron chi connectivity index (χ4n) is 1.56. The second-order valence-corrected chi connectivity index (χ2v) is 4.23. The van der Waals surface area contributed by atoms with Crippen LogP contribution >= 0.6 is 11.6 Å². The SMILES string of the molecule is CCc1ccc(Oc2nc(Cl)nc(OC)n2)c([N+](=O)[O-])c1. The second-order valence-electron chi connectivity index (χ2n) is 3.89. The first-order valence-corrected chi connectivity index (χ1v) is 6.32. The van der Waals surface area contributed by atoms with E-state index in [2.05, 4.69) is 15.0 Å². The minimum Gasteiger partial charge on any atom is -0.467 e. The van der Waals surface area contributed by atoms with Gasteiger partial charge in [-0.05, 0) is 29.7 Å². The largest absolute Gasteiger partial charge is 0.467 e. The average molecular weight is 311 g/mol. The van der Waals surface area contributed by atoms with Crippen LogP contribution in [0.2, 0.25) is 5.28 Å². The summed E-state index contributed by atoms with van der Waals surface area (Å²) in [5, 5.41) is 11.0. The number of nitrogens with zero attached hydrogens (tertiary/aromatic N) is 4. The van der Waals surface area contributed by atoms with Crippen LogP contribution in [0.4, 0.5) is 5.69 Å². The maximum absolute atomic E-state index is 11.1. The molecule has 0 bridgehead atoms. The van der Waals surface area contributed by atoms with E-state index in [9.17, 15) is 10.1 Å². The van der Waals surface area contributed by atoms with Crippen molar-refractivity contribution >= 4 is 17.3 Å². The lowest BCUT2D eigenvalue weighted by atomic mass is 10.1. The summed E-state index contributed by atoms with van der Waals surface area (Å²) in [4.78, 5) is 21.8. The minimum atomic E-state index is -0.533. The zero-order valence-corrected chi connectivity index (χ0v) is 12.0. The molecule has 1 aromatic heterocycles. The molecule has 2 rings (SSSR count). The molecule has 0 N–H and O–H groups in total. The van der Waals surface area contributed by atoms with Crippen LogP contribution in [0.15, 0.2) is 18.2 Å². The van der Waals surface area contributed by atoms with Gasteiger partial charge in [-0.1, -0.05) is 13.0 Å². The summed E-state index contributed by atoms with van der Waals surface area (Å²) >= 11 is 5.69. The van der Waals surface area contributed by atoms with E-state index in [1.165, 1.54) is 19.2 Å². The fraction of sp³-hybridized carbons (Fsp3) is 0.250. The molecule has 8 nitrogen and oxygen atoms in total. The summed E-state index contributed by atoms with van der Waals surface area (Å²) in [5.41, 5.74) is 0.644. The summed E-state index contributed by atoms with van der Waals surface area (Å²) < 4.78 is 10.2. The van der Waals surface area contributed by atoms with Gasteiger partial charge in [-0.3, -0.25) is 10.1 Å². The number of nitro benzene ring substituents is 1. The Bertz CT molecular complexity index is 680. The summed E-state index contributed by atoms with van der Waals surface area (Å²) in [6, 6.07) is 4.43. The minimum absolute atomic E-state index is 0.0153. The lowest BCUT2D eigenvalue weighted by Crippen LogP contribution is -2.00. The van der Waals surface area contributed by atoms with Crippen LogP contribution in [0.1, 0.15) is 12.5 Å². The molecule has 0 radical (unpaired) electrons. The van der Waals surface area contributed by atoms with Gasteiger partial charge in [0.25, 0.3) is 0 Å². The number of halogens is 1. The average Bonchev–Trinajstić information content (AvgIpc) is 2.46. The molecule has 2 aromatic rings. The molecular formula is C12H11ClN4O4. The highest BCUT2D eigenvalue weighted by atomic mass is 35.5. The first-order chi connectivity index (χ1) is 10.0. The van der Waals surface area contributed by atoms with Crippen LogP contribution in [-0.2, 0) is 6.42 Å². The Hall–Kier alpha value is -2.48. The number of hydrogen-bond donors (Lipinski definition) is 0. The van der Waals surface area contributed by atoms with Gasteiger partial charge in [0.1, 0.15) is 0 Å². The van der Waals surface area contributed by atoms with Crippen molar-refractivity contribution in [2.75, 3.05) is 7.11 Å². The third-order valence-electron chi connectivity index (χ3n) is 2.58. The van der Waals surface area contributed by atoms with E-state index in [1.807, 2.05) is 6.92 Å². The van der Waals surface area contributed by atoms with Crippen molar-refractivity contribution in [2.24, 2.45) is 0 Å². The van der Waals surface area contributed by atoms with Crippen molar-refractivity contribution in [3.8, 4) is 17.8 Å². The first-order valence-electron chi connectivity index (χ1n) is 5.94. The van der Waals surface area contributed by atoms with Crippen LogP contribution in [0.25, 0.3) is 0 Å². The van der Waals surface area contributed by atoms with Gasteiger partial charge in [-0.2, -0.15) is 9.97 Å². The van der Waals surface area contributed by atoms with E-state index >= 15 is 0 Å². The van der Waals surface area contributed by atoms with Gasteiger partial charge in [-0.25, -0.2) is 0 Å². The summed E-state index contributed by atoms with van der Waals surface area (Å²) in [6.45, 7) is 1.90. The maximum Gasteiger partial charge on any atom is 0.329 e. The van der Waals surface area contributed by atoms with Gasteiger partial charge in [0, 0.05) is 6.07 Å². The van der Waals surface area contributed by atoms with Gasteiger partial charge >= 0.3 is 17.7 Å². The topological polar surface area (TPSA) is 100 Å². The van der Waals surface area contributed by atoms with Crippen molar-refractivity contribution in [1.29, 1.82) is 0 Å². The zero-order valence-electron chi connectivity index (χ0n) is 11.2. The molecule has 0 aliphatic carbocycles. The molecule has 0 amide bonds. The second kappa shape index (κ2) is 6.31. The van der Waals surface area contributed by atoms with Gasteiger partial charge in [-0.15, -0.1) is 4.98 Å². The fourth-order valence-corrected chi connectivity index (χ4v) is 1.71. The van der Waals surface area contributed by atoms with E-state index in [-0.39, 0.29) is 28.7 Å². The Balaban J connectivity index is 2.39. The van der Waals surface area contributed by atoms with Crippen LogP contribution in [0, 0.1) is 10.1 Å². The molecule has 0 fully saturated rings. The molecule has 1 heterocycles. The molecule has 0 aliphatic heterocycles. The van der Waals surface area contributed by atoms with Gasteiger partial charge in [0.15, 0.2) is 0 Å². The predicted octanol–water partition coefficient (Wildman–Crippen LogP) is 2.80. The Labute approximate surface area is 124 Å². The van der Waals surface area contributed by atoms with Crippen LogP contribution in [-0.4, -0.2) is 27.0 Å². The third kappa shape index (κ3) is 3.54. The van der Waals surface area contributed by atoms with E-state index < -0.39 is 4.92 Å².